The molecule has 2 atom stereocenters. The van der Waals surface area contributed by atoms with Crippen LogP contribution in [0.4, 0.5) is 10.2 Å². The molecule has 4 heterocycles. The predicted molar refractivity (Wildman–Crippen MR) is 138 cm³/mol. The van der Waals surface area contributed by atoms with Gasteiger partial charge in [-0.05, 0) is 25.1 Å². The number of hydrogen-bond acceptors (Lipinski definition) is 7. The van der Waals surface area contributed by atoms with Crippen molar-refractivity contribution in [3.05, 3.63) is 47.3 Å². The maximum atomic E-state index is 15.0. The first-order chi connectivity index (χ1) is 18.1. The van der Waals surface area contributed by atoms with E-state index in [0.717, 1.165) is 6.07 Å². The Morgan fingerprint density at radius 1 is 1.24 bits per heavy atom. The second-order valence-electron chi connectivity index (χ2n) is 9.64. The number of fused-ring (bicyclic) bond motifs is 2. The van der Waals surface area contributed by atoms with Crippen molar-refractivity contribution < 1.29 is 28.6 Å². The lowest BCUT2D eigenvalue weighted by molar-refractivity contribution is -0.130. The smallest absolute Gasteiger partial charge is 0.261 e. The third-order valence-electron chi connectivity index (χ3n) is 7.24. The Labute approximate surface area is 223 Å². The highest BCUT2D eigenvalue weighted by Crippen LogP contribution is 2.46. The number of rotatable bonds is 3. The van der Waals surface area contributed by atoms with Gasteiger partial charge in [0.25, 0.3) is 5.91 Å². The van der Waals surface area contributed by atoms with Crippen LogP contribution in [0.25, 0.3) is 11.3 Å². The topological polar surface area (TPSA) is 107 Å². The average Bonchev–Trinajstić information content (AvgIpc) is 3.03. The lowest BCUT2D eigenvalue weighted by Gasteiger charge is -2.41. The summed E-state index contributed by atoms with van der Waals surface area (Å²) in [6.07, 6.45) is 1.22. The van der Waals surface area contributed by atoms with Gasteiger partial charge in [0.15, 0.2) is 5.75 Å². The van der Waals surface area contributed by atoms with Crippen molar-refractivity contribution in [3.63, 3.8) is 0 Å². The zero-order valence-electron chi connectivity index (χ0n) is 21.0. The molecule has 0 unspecified atom stereocenters. The number of piperazine rings is 2. The standard InChI is InChI=1S/C26H27ClFN5O5/c1-4-18(35)31-8-9-32-15(11-31)13-38-24-21(26(32)37)25(33-12-19(36)30(3)10-14(33)2)29-23(22(24)27)20-16(28)6-5-7-17(20)34/h4-7,14-15,34H,1,8-13H2,2-3H3/t14-,15-/m1/s1. The van der Waals surface area contributed by atoms with Gasteiger partial charge in [-0.3, -0.25) is 14.4 Å². The number of ether oxygens (including phenoxy) is 1. The number of halogens is 2. The fourth-order valence-electron chi connectivity index (χ4n) is 5.20. The molecule has 200 valence electrons. The lowest BCUT2D eigenvalue weighted by Crippen LogP contribution is -2.58. The van der Waals surface area contributed by atoms with Crippen molar-refractivity contribution in [3.8, 4) is 22.8 Å². The Morgan fingerprint density at radius 2 is 2.00 bits per heavy atom. The summed E-state index contributed by atoms with van der Waals surface area (Å²) >= 11 is 6.73. The molecule has 0 saturated carbocycles. The Morgan fingerprint density at radius 3 is 2.71 bits per heavy atom. The Bertz CT molecular complexity index is 1330. The van der Waals surface area contributed by atoms with Crippen LogP contribution in [0.2, 0.25) is 5.02 Å². The van der Waals surface area contributed by atoms with Crippen molar-refractivity contribution >= 4 is 35.1 Å². The van der Waals surface area contributed by atoms with Gasteiger partial charge in [0.1, 0.15) is 40.3 Å². The third-order valence-corrected chi connectivity index (χ3v) is 7.59. The van der Waals surface area contributed by atoms with Gasteiger partial charge in [0.2, 0.25) is 11.8 Å². The summed E-state index contributed by atoms with van der Waals surface area (Å²) in [5.41, 5.74) is -0.286. The maximum Gasteiger partial charge on any atom is 0.261 e. The molecule has 1 N–H and O–H groups in total. The van der Waals surface area contributed by atoms with Gasteiger partial charge in [-0.15, -0.1) is 0 Å². The van der Waals surface area contributed by atoms with Gasteiger partial charge in [0.05, 0.1) is 18.2 Å². The lowest BCUT2D eigenvalue weighted by atomic mass is 10.0. The summed E-state index contributed by atoms with van der Waals surface area (Å²) in [6.45, 7) is 6.53. The molecule has 0 spiro atoms. The molecule has 12 heteroatoms. The van der Waals surface area contributed by atoms with E-state index in [1.54, 1.807) is 26.6 Å². The molecule has 0 aliphatic carbocycles. The van der Waals surface area contributed by atoms with Crippen molar-refractivity contribution in [1.29, 1.82) is 0 Å². The van der Waals surface area contributed by atoms with Crippen LogP contribution in [0, 0.1) is 5.82 Å². The molecule has 38 heavy (non-hydrogen) atoms. The number of benzene rings is 1. The summed E-state index contributed by atoms with van der Waals surface area (Å²) in [6, 6.07) is 3.10. The molecular weight excluding hydrogens is 517 g/mol. The quantitative estimate of drug-likeness (QED) is 0.591. The van der Waals surface area contributed by atoms with E-state index in [-0.39, 0.29) is 83.3 Å². The highest BCUT2D eigenvalue weighted by molar-refractivity contribution is 6.35. The highest BCUT2D eigenvalue weighted by Gasteiger charge is 2.42. The van der Waals surface area contributed by atoms with E-state index in [9.17, 15) is 23.9 Å². The number of aromatic nitrogens is 1. The zero-order chi connectivity index (χ0) is 27.3. The van der Waals surface area contributed by atoms with Crippen LogP contribution < -0.4 is 9.64 Å². The molecule has 2 saturated heterocycles. The average molecular weight is 544 g/mol. The van der Waals surface area contributed by atoms with Gasteiger partial charge in [-0.2, -0.15) is 0 Å². The second-order valence-corrected chi connectivity index (χ2v) is 10.0. The van der Waals surface area contributed by atoms with Crippen molar-refractivity contribution in [2.24, 2.45) is 0 Å². The number of likely N-dealkylation sites (N-methyl/N-ethyl adjacent to an activating group) is 1. The summed E-state index contributed by atoms with van der Waals surface area (Å²) in [5, 5.41) is 10.4. The number of pyridine rings is 1. The summed E-state index contributed by atoms with van der Waals surface area (Å²) < 4.78 is 21.1. The highest BCUT2D eigenvalue weighted by atomic mass is 35.5. The Kier molecular flexibility index (Phi) is 6.64. The van der Waals surface area contributed by atoms with E-state index >= 15 is 0 Å². The van der Waals surface area contributed by atoms with Crippen LogP contribution >= 0.6 is 11.6 Å². The SMILES string of the molecule is C=CC(=O)N1CCN2C(=O)c3c(N4CC(=O)N(C)C[C@H]4C)nc(-c4c(O)cccc4F)c(Cl)c3OC[C@H]2C1. The van der Waals surface area contributed by atoms with E-state index in [1.165, 1.54) is 18.2 Å². The van der Waals surface area contributed by atoms with Crippen LogP contribution in [0.3, 0.4) is 0 Å². The number of carbonyl (C=O) groups excluding carboxylic acids is 3. The van der Waals surface area contributed by atoms with Crippen molar-refractivity contribution in [2.75, 3.05) is 51.3 Å². The number of phenols is 1. The number of hydrogen-bond donors (Lipinski definition) is 1. The maximum absolute atomic E-state index is 15.0. The van der Waals surface area contributed by atoms with Gasteiger partial charge in [0, 0.05) is 39.3 Å². The third kappa shape index (κ3) is 4.20. The minimum absolute atomic E-state index is 0.00565. The first-order valence-corrected chi connectivity index (χ1v) is 12.6. The Hall–Kier alpha value is -3.86. The molecule has 2 fully saturated rings. The minimum atomic E-state index is -0.760. The number of nitrogens with zero attached hydrogens (tertiary/aromatic N) is 5. The Balaban J connectivity index is 1.69. The van der Waals surface area contributed by atoms with Crippen LogP contribution in [0.5, 0.6) is 11.5 Å². The van der Waals surface area contributed by atoms with Crippen LogP contribution in [0.15, 0.2) is 30.9 Å². The zero-order valence-corrected chi connectivity index (χ0v) is 21.7. The number of phenolic OH excluding ortho intramolecular Hbond substituents is 1. The molecule has 5 rings (SSSR count). The fourth-order valence-corrected chi connectivity index (χ4v) is 5.48. The number of anilines is 1. The predicted octanol–water partition coefficient (Wildman–Crippen LogP) is 2.14. The van der Waals surface area contributed by atoms with E-state index in [0.29, 0.717) is 13.1 Å². The molecule has 3 aliphatic rings. The normalized spacial score (nSPS) is 21.5. The van der Waals surface area contributed by atoms with Gasteiger partial charge >= 0.3 is 0 Å². The molecule has 1 aromatic heterocycles. The van der Waals surface area contributed by atoms with Gasteiger partial charge < -0.3 is 29.4 Å². The van der Waals surface area contributed by atoms with Gasteiger partial charge in [-0.1, -0.05) is 24.2 Å². The van der Waals surface area contributed by atoms with E-state index < -0.39 is 17.8 Å². The molecule has 3 amide bonds. The largest absolute Gasteiger partial charge is 0.507 e. The van der Waals surface area contributed by atoms with Crippen molar-refractivity contribution in [1.82, 2.24) is 19.7 Å². The number of carbonyl (C=O) groups is 3. The molecule has 0 radical (unpaired) electrons. The van der Waals surface area contributed by atoms with Gasteiger partial charge in [-0.25, -0.2) is 9.37 Å². The molecule has 2 aromatic rings. The number of amides is 3. The molecule has 1 aromatic carbocycles. The van der Waals surface area contributed by atoms with E-state index in [2.05, 4.69) is 11.6 Å². The number of aromatic hydroxyl groups is 1. The monoisotopic (exact) mass is 543 g/mol. The van der Waals surface area contributed by atoms with Crippen molar-refractivity contribution in [2.45, 2.75) is 19.0 Å². The van der Waals surface area contributed by atoms with Crippen LogP contribution in [-0.2, 0) is 9.59 Å². The first-order valence-electron chi connectivity index (χ1n) is 12.2. The minimum Gasteiger partial charge on any atom is -0.507 e. The van der Waals surface area contributed by atoms with Crippen LogP contribution in [-0.4, -0.2) is 101 Å². The summed E-state index contributed by atoms with van der Waals surface area (Å²) in [5.74, 6) is -1.88. The molecular formula is C26H27ClFN5O5. The molecule has 3 aliphatic heterocycles. The van der Waals surface area contributed by atoms with E-state index in [1.807, 2.05) is 6.92 Å². The second kappa shape index (κ2) is 9.79. The molecule has 10 nitrogen and oxygen atoms in total. The fraction of sp³-hybridized carbons (Fsp3) is 0.385. The van der Waals surface area contributed by atoms with E-state index in [4.69, 9.17) is 16.3 Å². The first kappa shape index (κ1) is 25.8. The van der Waals surface area contributed by atoms with Crippen LogP contribution in [0.1, 0.15) is 17.3 Å². The summed E-state index contributed by atoms with van der Waals surface area (Å²) in [4.78, 5) is 50.0. The summed E-state index contributed by atoms with van der Waals surface area (Å²) in [7, 11) is 1.69. The molecule has 0 bridgehead atoms.